The average Bonchev–Trinajstić information content (AvgIpc) is 2.57. The average molecular weight is 348 g/mol. The summed E-state index contributed by atoms with van der Waals surface area (Å²) in [6.07, 6.45) is 2.04. The minimum Gasteiger partial charge on any atom is -0.256 e. The maximum Gasteiger partial charge on any atom is 0.243 e. The highest BCUT2D eigenvalue weighted by atomic mass is 32.2. The van der Waals surface area contributed by atoms with E-state index in [2.05, 4.69) is 9.71 Å². The zero-order chi connectivity index (χ0) is 17.2. The zero-order valence-corrected chi connectivity index (χ0v) is 13.4. The van der Waals surface area contributed by atoms with Gasteiger partial charge < -0.3 is 0 Å². The predicted molar refractivity (Wildman–Crippen MR) is 87.0 cm³/mol. The molecule has 24 heavy (non-hydrogen) atoms. The fraction of sp³-hybridized carbons (Fsp3) is 0.118. The number of fused-ring (bicyclic) bond motifs is 1. The zero-order valence-electron chi connectivity index (χ0n) is 12.5. The second-order valence-corrected chi connectivity index (χ2v) is 6.95. The minimum atomic E-state index is -4.12. The van der Waals surface area contributed by atoms with Crippen LogP contribution in [0.3, 0.4) is 0 Å². The smallest absolute Gasteiger partial charge is 0.243 e. The van der Waals surface area contributed by atoms with Crippen LogP contribution in [0.25, 0.3) is 10.9 Å². The Morgan fingerprint density at radius 2 is 1.83 bits per heavy atom. The van der Waals surface area contributed by atoms with Gasteiger partial charge in [0.05, 0.1) is 5.52 Å². The van der Waals surface area contributed by atoms with Crippen molar-refractivity contribution in [2.24, 2.45) is 0 Å². The quantitative estimate of drug-likeness (QED) is 0.771. The molecule has 0 fully saturated rings. The largest absolute Gasteiger partial charge is 0.256 e. The first-order valence-corrected chi connectivity index (χ1v) is 8.73. The van der Waals surface area contributed by atoms with Gasteiger partial charge in [-0.2, -0.15) is 0 Å². The van der Waals surface area contributed by atoms with E-state index < -0.39 is 26.6 Å². The highest BCUT2D eigenvalue weighted by Crippen LogP contribution is 2.18. The molecule has 4 nitrogen and oxygen atoms in total. The summed E-state index contributed by atoms with van der Waals surface area (Å²) in [6.45, 7) is 0.0496. The summed E-state index contributed by atoms with van der Waals surface area (Å²) in [5.41, 5.74) is 1.66. The van der Waals surface area contributed by atoms with E-state index in [1.165, 1.54) is 0 Å². The second kappa shape index (κ2) is 6.62. The molecule has 1 aromatic heterocycles. The first-order chi connectivity index (χ1) is 11.5. The van der Waals surface area contributed by atoms with Crippen LogP contribution in [-0.4, -0.2) is 19.9 Å². The van der Waals surface area contributed by atoms with Crippen LogP contribution < -0.4 is 4.72 Å². The van der Waals surface area contributed by atoms with E-state index in [-0.39, 0.29) is 6.54 Å². The van der Waals surface area contributed by atoms with E-state index >= 15 is 0 Å². The fourth-order valence-corrected chi connectivity index (χ4v) is 3.57. The lowest BCUT2D eigenvalue weighted by Gasteiger charge is -2.09. The number of pyridine rings is 1. The first-order valence-electron chi connectivity index (χ1n) is 7.25. The molecule has 0 saturated heterocycles. The number of halogens is 2. The molecule has 3 aromatic rings. The highest BCUT2D eigenvalue weighted by molar-refractivity contribution is 7.89. The molecular weight excluding hydrogens is 334 g/mol. The fourth-order valence-electron chi connectivity index (χ4n) is 2.45. The topological polar surface area (TPSA) is 59.1 Å². The first kappa shape index (κ1) is 16.5. The molecule has 1 heterocycles. The number of hydrogen-bond acceptors (Lipinski definition) is 3. The van der Waals surface area contributed by atoms with E-state index in [0.717, 1.165) is 28.6 Å². The maximum absolute atomic E-state index is 13.6. The minimum absolute atomic E-state index is 0.0496. The summed E-state index contributed by atoms with van der Waals surface area (Å²) in [7, 11) is -4.12. The molecule has 2 aromatic carbocycles. The number of benzene rings is 2. The molecule has 0 radical (unpaired) electrons. The molecular formula is C17H14F2N2O2S. The number of aromatic nitrogens is 1. The molecule has 0 aliphatic heterocycles. The summed E-state index contributed by atoms with van der Waals surface area (Å²) in [5.74, 6) is -1.80. The number of rotatable bonds is 5. The molecule has 0 saturated carbocycles. The van der Waals surface area contributed by atoms with Gasteiger partial charge in [0.25, 0.3) is 0 Å². The van der Waals surface area contributed by atoms with Crippen LogP contribution >= 0.6 is 0 Å². The van der Waals surface area contributed by atoms with E-state index in [0.29, 0.717) is 12.5 Å². The van der Waals surface area contributed by atoms with Gasteiger partial charge in [0.1, 0.15) is 16.5 Å². The van der Waals surface area contributed by atoms with Crippen molar-refractivity contribution in [1.82, 2.24) is 9.71 Å². The third-order valence-electron chi connectivity index (χ3n) is 3.59. The maximum atomic E-state index is 13.6. The Balaban J connectivity index is 1.77. The van der Waals surface area contributed by atoms with Gasteiger partial charge in [0.2, 0.25) is 10.0 Å². The molecule has 0 atom stereocenters. The van der Waals surface area contributed by atoms with Gasteiger partial charge >= 0.3 is 0 Å². The Hall–Kier alpha value is -2.38. The van der Waals surface area contributed by atoms with E-state index in [9.17, 15) is 17.2 Å². The van der Waals surface area contributed by atoms with Gasteiger partial charge in [-0.05, 0) is 36.2 Å². The Bertz CT molecular complexity index is 986. The van der Waals surface area contributed by atoms with Crippen molar-refractivity contribution >= 4 is 20.9 Å². The van der Waals surface area contributed by atoms with Crippen LogP contribution in [0.15, 0.2) is 59.6 Å². The Morgan fingerprint density at radius 3 is 2.67 bits per heavy atom. The number of para-hydroxylation sites is 1. The van der Waals surface area contributed by atoms with Crippen LogP contribution in [0.2, 0.25) is 0 Å². The standard InChI is InChI=1S/C17H14F2N2O2S/c18-14-6-7-15(19)16(11-14)24(22,23)21-10-8-13-4-1-3-12-5-2-9-20-17(12)13/h1-7,9,11,21H,8,10H2. The van der Waals surface area contributed by atoms with Crippen LogP contribution in [-0.2, 0) is 16.4 Å². The second-order valence-electron chi connectivity index (χ2n) is 5.21. The monoisotopic (exact) mass is 348 g/mol. The normalized spacial score (nSPS) is 11.8. The molecule has 3 rings (SSSR count). The van der Waals surface area contributed by atoms with Crippen molar-refractivity contribution in [3.05, 3.63) is 71.9 Å². The lowest BCUT2D eigenvalue weighted by atomic mass is 10.1. The van der Waals surface area contributed by atoms with Crippen molar-refractivity contribution in [2.75, 3.05) is 6.54 Å². The van der Waals surface area contributed by atoms with Crippen molar-refractivity contribution in [1.29, 1.82) is 0 Å². The lowest BCUT2D eigenvalue weighted by molar-refractivity contribution is 0.546. The lowest BCUT2D eigenvalue weighted by Crippen LogP contribution is -2.27. The molecule has 0 aliphatic carbocycles. The highest BCUT2D eigenvalue weighted by Gasteiger charge is 2.19. The van der Waals surface area contributed by atoms with Gasteiger partial charge in [-0.25, -0.2) is 21.9 Å². The third kappa shape index (κ3) is 3.42. The van der Waals surface area contributed by atoms with E-state index in [1.807, 2.05) is 30.3 Å². The van der Waals surface area contributed by atoms with Crippen molar-refractivity contribution in [2.45, 2.75) is 11.3 Å². The summed E-state index contributed by atoms with van der Waals surface area (Å²) in [4.78, 5) is 3.60. The van der Waals surface area contributed by atoms with E-state index in [4.69, 9.17) is 0 Å². The number of nitrogens with one attached hydrogen (secondary N) is 1. The van der Waals surface area contributed by atoms with Gasteiger partial charge in [-0.15, -0.1) is 0 Å². The molecule has 0 aliphatic rings. The molecule has 124 valence electrons. The molecule has 0 spiro atoms. The summed E-state index contributed by atoms with van der Waals surface area (Å²) in [6, 6.07) is 11.7. The third-order valence-corrected chi connectivity index (χ3v) is 5.06. The Morgan fingerprint density at radius 1 is 1.04 bits per heavy atom. The summed E-state index contributed by atoms with van der Waals surface area (Å²) >= 11 is 0. The summed E-state index contributed by atoms with van der Waals surface area (Å²) in [5, 5.41) is 0.953. The van der Waals surface area contributed by atoms with Gasteiger partial charge in [0, 0.05) is 18.1 Å². The number of hydrogen-bond donors (Lipinski definition) is 1. The predicted octanol–water partition coefficient (Wildman–Crippen LogP) is 3.03. The van der Waals surface area contributed by atoms with Crippen LogP contribution in [0, 0.1) is 11.6 Å². The van der Waals surface area contributed by atoms with E-state index in [1.54, 1.807) is 6.20 Å². The van der Waals surface area contributed by atoms with Crippen molar-refractivity contribution in [3.8, 4) is 0 Å². The van der Waals surface area contributed by atoms with Gasteiger partial charge in [0.15, 0.2) is 0 Å². The van der Waals surface area contributed by atoms with Gasteiger partial charge in [-0.3, -0.25) is 4.98 Å². The Labute approximate surface area is 138 Å². The molecule has 1 N–H and O–H groups in total. The van der Waals surface area contributed by atoms with Crippen LogP contribution in [0.1, 0.15) is 5.56 Å². The molecule has 0 unspecified atom stereocenters. The van der Waals surface area contributed by atoms with Crippen LogP contribution in [0.5, 0.6) is 0 Å². The molecule has 0 bridgehead atoms. The SMILES string of the molecule is O=S(=O)(NCCc1cccc2cccnc12)c1cc(F)ccc1F. The van der Waals surface area contributed by atoms with Crippen LogP contribution in [0.4, 0.5) is 8.78 Å². The van der Waals surface area contributed by atoms with Crippen molar-refractivity contribution in [3.63, 3.8) is 0 Å². The van der Waals surface area contributed by atoms with Gasteiger partial charge in [-0.1, -0.05) is 24.3 Å². The number of sulfonamides is 1. The van der Waals surface area contributed by atoms with Crippen molar-refractivity contribution < 1.29 is 17.2 Å². The molecule has 7 heteroatoms. The Kier molecular flexibility index (Phi) is 4.55. The molecule has 0 amide bonds. The number of nitrogens with zero attached hydrogens (tertiary/aromatic N) is 1. The summed E-state index contributed by atoms with van der Waals surface area (Å²) < 4.78 is 53.3.